The van der Waals surface area contributed by atoms with Crippen molar-refractivity contribution < 1.29 is 28.1 Å². The van der Waals surface area contributed by atoms with E-state index in [1.54, 1.807) is 18.2 Å². The maximum atomic E-state index is 12.0. The van der Waals surface area contributed by atoms with Gasteiger partial charge in [-0.25, -0.2) is 0 Å². The first-order valence-electron chi connectivity index (χ1n) is 5.81. The van der Waals surface area contributed by atoms with Crippen molar-refractivity contribution in [3.8, 4) is 5.75 Å². The molecule has 0 amide bonds. The van der Waals surface area contributed by atoms with Gasteiger partial charge < -0.3 is 20.3 Å². The molecule has 3 N–H and O–H groups in total. The lowest BCUT2D eigenvalue weighted by molar-refractivity contribution is -0.202. The van der Waals surface area contributed by atoms with Gasteiger partial charge in [0.05, 0.1) is 0 Å². The van der Waals surface area contributed by atoms with Crippen LogP contribution >= 0.6 is 15.9 Å². The summed E-state index contributed by atoms with van der Waals surface area (Å²) in [6.45, 7) is -0.843. The standard InChI is InChI=1S/C12H15BrF3NO3/c13-8-2-1-3-10(4-8)20-7-9(18)5-17-6-11(19)12(14,15)16/h1-4,9,11,17-19H,5-7H2. The molecule has 0 aromatic heterocycles. The highest BCUT2D eigenvalue weighted by atomic mass is 79.9. The Bertz CT molecular complexity index is 417. The van der Waals surface area contributed by atoms with Gasteiger partial charge in [0, 0.05) is 17.6 Å². The second-order valence-corrected chi connectivity index (χ2v) is 5.05. The summed E-state index contributed by atoms with van der Waals surface area (Å²) in [5, 5.41) is 20.6. The van der Waals surface area contributed by atoms with Crippen molar-refractivity contribution in [3.63, 3.8) is 0 Å². The summed E-state index contributed by atoms with van der Waals surface area (Å²) in [5.41, 5.74) is 0. The highest BCUT2D eigenvalue weighted by Crippen LogP contribution is 2.19. The van der Waals surface area contributed by atoms with E-state index < -0.39 is 24.9 Å². The maximum absolute atomic E-state index is 12.0. The summed E-state index contributed by atoms with van der Waals surface area (Å²) in [6, 6.07) is 6.96. The molecule has 0 bridgehead atoms. The average Bonchev–Trinajstić information content (AvgIpc) is 2.35. The second-order valence-electron chi connectivity index (χ2n) is 4.14. The number of hydrogen-bond acceptors (Lipinski definition) is 4. The third kappa shape index (κ3) is 6.56. The van der Waals surface area contributed by atoms with E-state index in [2.05, 4.69) is 21.2 Å². The van der Waals surface area contributed by atoms with E-state index in [9.17, 15) is 18.3 Å². The van der Waals surface area contributed by atoms with Crippen molar-refractivity contribution in [2.45, 2.75) is 18.4 Å². The minimum Gasteiger partial charge on any atom is -0.491 e. The monoisotopic (exact) mass is 357 g/mol. The van der Waals surface area contributed by atoms with Crippen molar-refractivity contribution >= 4 is 15.9 Å². The number of alkyl halides is 3. The van der Waals surface area contributed by atoms with Gasteiger partial charge in [-0.15, -0.1) is 0 Å². The molecule has 0 fully saturated rings. The summed E-state index contributed by atoms with van der Waals surface area (Å²) in [4.78, 5) is 0. The van der Waals surface area contributed by atoms with Crippen LogP contribution in [0.5, 0.6) is 5.75 Å². The number of aliphatic hydroxyl groups is 2. The molecule has 0 aliphatic carbocycles. The zero-order valence-electron chi connectivity index (χ0n) is 10.4. The Hall–Kier alpha value is -0.830. The Kier molecular flexibility index (Phi) is 6.74. The van der Waals surface area contributed by atoms with Gasteiger partial charge in [0.25, 0.3) is 0 Å². The first kappa shape index (κ1) is 17.2. The van der Waals surface area contributed by atoms with Crippen molar-refractivity contribution in [1.29, 1.82) is 0 Å². The van der Waals surface area contributed by atoms with Crippen molar-refractivity contribution in [3.05, 3.63) is 28.7 Å². The van der Waals surface area contributed by atoms with Crippen LogP contribution in [0.3, 0.4) is 0 Å². The zero-order chi connectivity index (χ0) is 15.2. The molecule has 1 aromatic carbocycles. The van der Waals surface area contributed by atoms with Crippen LogP contribution in [0, 0.1) is 0 Å². The summed E-state index contributed by atoms with van der Waals surface area (Å²) in [6.07, 6.45) is -8.08. The van der Waals surface area contributed by atoms with Crippen LogP contribution in [0.25, 0.3) is 0 Å². The lowest BCUT2D eigenvalue weighted by atomic mass is 10.3. The molecule has 2 unspecified atom stereocenters. The van der Waals surface area contributed by atoms with E-state index in [4.69, 9.17) is 9.84 Å². The summed E-state index contributed by atoms with van der Waals surface area (Å²) in [5.74, 6) is 0.536. The fourth-order valence-corrected chi connectivity index (χ4v) is 1.69. The molecule has 8 heteroatoms. The highest BCUT2D eigenvalue weighted by Gasteiger charge is 2.37. The molecule has 0 saturated heterocycles. The first-order valence-corrected chi connectivity index (χ1v) is 6.60. The molecule has 0 spiro atoms. The van der Waals surface area contributed by atoms with E-state index in [1.165, 1.54) is 0 Å². The van der Waals surface area contributed by atoms with Crippen molar-refractivity contribution in [1.82, 2.24) is 5.32 Å². The van der Waals surface area contributed by atoms with Gasteiger partial charge in [-0.1, -0.05) is 22.0 Å². The van der Waals surface area contributed by atoms with Crippen LogP contribution in [0.4, 0.5) is 13.2 Å². The van der Waals surface area contributed by atoms with Crippen LogP contribution in [0.2, 0.25) is 0 Å². The summed E-state index contributed by atoms with van der Waals surface area (Å²) < 4.78 is 42.1. The van der Waals surface area contributed by atoms with Crippen LogP contribution in [0.1, 0.15) is 0 Å². The van der Waals surface area contributed by atoms with Gasteiger partial charge in [-0.3, -0.25) is 0 Å². The highest BCUT2D eigenvalue weighted by molar-refractivity contribution is 9.10. The topological polar surface area (TPSA) is 61.7 Å². The van der Waals surface area contributed by atoms with Crippen molar-refractivity contribution in [2.24, 2.45) is 0 Å². The predicted molar refractivity (Wildman–Crippen MR) is 70.6 cm³/mol. The van der Waals surface area contributed by atoms with Crippen molar-refractivity contribution in [2.75, 3.05) is 19.7 Å². The SMILES string of the molecule is OC(CNCC(O)C(F)(F)F)COc1cccc(Br)c1. The third-order valence-corrected chi connectivity index (χ3v) is 2.83. The van der Waals surface area contributed by atoms with Crippen LogP contribution < -0.4 is 10.1 Å². The molecule has 20 heavy (non-hydrogen) atoms. The number of hydrogen-bond donors (Lipinski definition) is 3. The molecule has 0 radical (unpaired) electrons. The molecule has 1 rings (SSSR count). The number of halogens is 4. The largest absolute Gasteiger partial charge is 0.491 e. The molecule has 4 nitrogen and oxygen atoms in total. The van der Waals surface area contributed by atoms with E-state index in [-0.39, 0.29) is 13.2 Å². The predicted octanol–water partition coefficient (Wildman–Crippen LogP) is 1.70. The number of benzene rings is 1. The quantitative estimate of drug-likeness (QED) is 0.695. The number of aliphatic hydroxyl groups excluding tert-OH is 2. The molecular formula is C12H15BrF3NO3. The van der Waals surface area contributed by atoms with E-state index in [1.807, 2.05) is 6.07 Å². The van der Waals surface area contributed by atoms with E-state index in [0.29, 0.717) is 5.75 Å². The minimum absolute atomic E-state index is 0.0639. The Labute approximate surface area is 122 Å². The van der Waals surface area contributed by atoms with Gasteiger partial charge in [-0.2, -0.15) is 13.2 Å². The molecule has 114 valence electrons. The zero-order valence-corrected chi connectivity index (χ0v) is 12.0. The lowest BCUT2D eigenvalue weighted by Crippen LogP contribution is -2.41. The summed E-state index contributed by atoms with van der Waals surface area (Å²) >= 11 is 3.26. The molecule has 1 aromatic rings. The Morgan fingerprint density at radius 2 is 1.95 bits per heavy atom. The number of ether oxygens (including phenoxy) is 1. The smallest absolute Gasteiger partial charge is 0.415 e. The molecular weight excluding hydrogens is 343 g/mol. The lowest BCUT2D eigenvalue weighted by Gasteiger charge is -2.17. The Balaban J connectivity index is 2.22. The maximum Gasteiger partial charge on any atom is 0.415 e. The van der Waals surface area contributed by atoms with E-state index in [0.717, 1.165) is 4.47 Å². The fraction of sp³-hybridized carbons (Fsp3) is 0.500. The Morgan fingerprint density at radius 3 is 2.55 bits per heavy atom. The van der Waals surface area contributed by atoms with Gasteiger partial charge in [0.15, 0.2) is 6.10 Å². The van der Waals surface area contributed by atoms with Gasteiger partial charge >= 0.3 is 6.18 Å². The molecule has 0 aliphatic heterocycles. The number of rotatable bonds is 7. The van der Waals surface area contributed by atoms with Gasteiger partial charge in [0.1, 0.15) is 18.5 Å². The van der Waals surface area contributed by atoms with Gasteiger partial charge in [0.2, 0.25) is 0 Å². The van der Waals surface area contributed by atoms with Crippen LogP contribution in [-0.2, 0) is 0 Å². The third-order valence-electron chi connectivity index (χ3n) is 2.33. The second kappa shape index (κ2) is 7.82. The molecule has 0 heterocycles. The normalized spacial score (nSPS) is 14.9. The van der Waals surface area contributed by atoms with Gasteiger partial charge in [-0.05, 0) is 18.2 Å². The Morgan fingerprint density at radius 1 is 1.25 bits per heavy atom. The molecule has 2 atom stereocenters. The van der Waals surface area contributed by atoms with Crippen LogP contribution in [0.15, 0.2) is 28.7 Å². The average molecular weight is 358 g/mol. The molecule has 0 aliphatic rings. The summed E-state index contributed by atoms with van der Waals surface area (Å²) in [7, 11) is 0. The van der Waals surface area contributed by atoms with Crippen LogP contribution in [-0.4, -0.2) is 48.3 Å². The number of nitrogens with one attached hydrogen (secondary N) is 1. The fourth-order valence-electron chi connectivity index (χ4n) is 1.31. The minimum atomic E-state index is -4.66. The molecule has 0 saturated carbocycles. The first-order chi connectivity index (χ1) is 9.29. The van der Waals surface area contributed by atoms with E-state index >= 15 is 0 Å².